The molecule has 1 aromatic rings. The Balaban J connectivity index is 1.51. The Bertz CT molecular complexity index is 897. The fourth-order valence-electron chi connectivity index (χ4n) is 6.06. The summed E-state index contributed by atoms with van der Waals surface area (Å²) in [6.07, 6.45) is 21.6. The van der Waals surface area contributed by atoms with Crippen molar-refractivity contribution in [1.82, 2.24) is 9.80 Å². The van der Waals surface area contributed by atoms with Gasteiger partial charge in [0.2, 0.25) is 0 Å². The van der Waals surface area contributed by atoms with Crippen LogP contribution in [0.4, 0.5) is 0 Å². The molecule has 2 atom stereocenters. The summed E-state index contributed by atoms with van der Waals surface area (Å²) in [5, 5.41) is 12.7. The van der Waals surface area contributed by atoms with Gasteiger partial charge in [0.25, 0.3) is 0 Å². The van der Waals surface area contributed by atoms with Gasteiger partial charge in [-0.15, -0.1) is 0 Å². The fraction of sp³-hybridized carbons (Fsp3) is 0.600. The van der Waals surface area contributed by atoms with E-state index in [4.69, 9.17) is 11.6 Å². The van der Waals surface area contributed by atoms with Crippen LogP contribution in [0.25, 0.3) is 0 Å². The van der Waals surface area contributed by atoms with Crippen molar-refractivity contribution in [2.45, 2.75) is 81.8 Å². The molecule has 0 radical (unpaired) electrons. The molecule has 0 bridgehead atoms. The number of aliphatic hydroxyl groups is 1. The van der Waals surface area contributed by atoms with Crippen LogP contribution in [-0.2, 0) is 6.42 Å². The van der Waals surface area contributed by atoms with E-state index in [-0.39, 0.29) is 5.92 Å². The quantitative estimate of drug-likeness (QED) is 0.456. The van der Waals surface area contributed by atoms with E-state index in [0.717, 1.165) is 69.6 Å². The fourth-order valence-corrected chi connectivity index (χ4v) is 6.34. The van der Waals surface area contributed by atoms with Gasteiger partial charge in [-0.1, -0.05) is 78.9 Å². The van der Waals surface area contributed by atoms with Crippen molar-refractivity contribution in [2.75, 3.05) is 33.7 Å². The Kier molecular flexibility index (Phi) is 9.09. The van der Waals surface area contributed by atoms with Crippen LogP contribution in [0.15, 0.2) is 54.2 Å². The third-order valence-corrected chi connectivity index (χ3v) is 8.64. The summed E-state index contributed by atoms with van der Waals surface area (Å²) in [5.41, 5.74) is 3.24. The van der Waals surface area contributed by atoms with E-state index >= 15 is 0 Å². The first-order chi connectivity index (χ1) is 16.4. The summed E-state index contributed by atoms with van der Waals surface area (Å²) < 4.78 is 0. The molecule has 2 unspecified atom stereocenters. The van der Waals surface area contributed by atoms with Crippen molar-refractivity contribution in [2.24, 2.45) is 0 Å². The highest BCUT2D eigenvalue weighted by molar-refractivity contribution is 6.31. The van der Waals surface area contributed by atoms with E-state index in [1.54, 1.807) is 0 Å². The Morgan fingerprint density at radius 1 is 1.09 bits per heavy atom. The molecule has 2 fully saturated rings. The van der Waals surface area contributed by atoms with Crippen molar-refractivity contribution < 1.29 is 5.11 Å². The van der Waals surface area contributed by atoms with E-state index in [1.165, 1.54) is 36.0 Å². The minimum Gasteiger partial charge on any atom is -0.389 e. The largest absolute Gasteiger partial charge is 0.389 e. The van der Waals surface area contributed by atoms with Gasteiger partial charge in [0, 0.05) is 30.1 Å². The number of piperidine rings is 1. The lowest BCUT2D eigenvalue weighted by Crippen LogP contribution is -2.50. The number of hydrogen-bond donors (Lipinski definition) is 1. The third kappa shape index (κ3) is 6.63. The molecule has 0 aromatic heterocycles. The minimum atomic E-state index is -0.627. The summed E-state index contributed by atoms with van der Waals surface area (Å²) >= 11 is 6.87. The molecule has 4 rings (SSSR count). The molecule has 0 amide bonds. The molecule has 1 aromatic carbocycles. The molecule has 1 heterocycles. The molecular formula is C30H43ClN2O. The summed E-state index contributed by atoms with van der Waals surface area (Å²) in [4.78, 5) is 4.95. The maximum Gasteiger partial charge on any atom is 0.0728 e. The van der Waals surface area contributed by atoms with Crippen molar-refractivity contribution in [3.05, 3.63) is 70.3 Å². The maximum atomic E-state index is 11.9. The van der Waals surface area contributed by atoms with E-state index in [1.807, 2.05) is 0 Å². The van der Waals surface area contributed by atoms with Gasteiger partial charge < -0.3 is 14.9 Å². The first-order valence-electron chi connectivity index (χ1n) is 13.4. The van der Waals surface area contributed by atoms with Gasteiger partial charge in [-0.3, -0.25) is 0 Å². The van der Waals surface area contributed by atoms with Crippen LogP contribution >= 0.6 is 11.6 Å². The van der Waals surface area contributed by atoms with Gasteiger partial charge in [0.15, 0.2) is 0 Å². The van der Waals surface area contributed by atoms with Gasteiger partial charge in [0.05, 0.1) is 5.60 Å². The van der Waals surface area contributed by atoms with Crippen molar-refractivity contribution in [3.63, 3.8) is 0 Å². The summed E-state index contributed by atoms with van der Waals surface area (Å²) in [5.74, 6) is 0.111. The molecule has 1 aliphatic heterocycles. The lowest BCUT2D eigenvalue weighted by atomic mass is 9.72. The molecule has 186 valence electrons. The number of benzene rings is 1. The SMILES string of the molecule is CN(C)C1CCCN(CC(c2ccc(CCC3=CC=CC=CC3)c(Cl)c2)C2(O)CCCCC2)C1. The molecule has 1 saturated carbocycles. The number of hydrogen-bond acceptors (Lipinski definition) is 3. The lowest BCUT2D eigenvalue weighted by Gasteiger charge is -2.44. The van der Waals surface area contributed by atoms with Crippen molar-refractivity contribution in [1.29, 1.82) is 0 Å². The Labute approximate surface area is 212 Å². The van der Waals surface area contributed by atoms with Crippen LogP contribution in [0, 0.1) is 0 Å². The first kappa shape index (κ1) is 25.7. The summed E-state index contributed by atoms with van der Waals surface area (Å²) in [7, 11) is 4.38. The maximum absolute atomic E-state index is 11.9. The molecule has 0 spiro atoms. The van der Waals surface area contributed by atoms with E-state index < -0.39 is 5.60 Å². The summed E-state index contributed by atoms with van der Waals surface area (Å²) in [6, 6.07) is 7.25. The molecule has 1 saturated heterocycles. The predicted molar refractivity (Wildman–Crippen MR) is 145 cm³/mol. The lowest BCUT2D eigenvalue weighted by molar-refractivity contribution is -0.0344. The molecule has 3 aliphatic rings. The zero-order valence-corrected chi connectivity index (χ0v) is 21.9. The Morgan fingerprint density at radius 2 is 1.91 bits per heavy atom. The number of aryl methyl sites for hydroxylation is 1. The van der Waals surface area contributed by atoms with Gasteiger partial charge in [0.1, 0.15) is 0 Å². The number of halogens is 1. The van der Waals surface area contributed by atoms with E-state index in [2.05, 4.69) is 72.5 Å². The standard InChI is InChI=1S/C30H43ClN2O/c1-32(2)27-13-10-20-33(22-27)23-28(30(34)18-8-5-9-19-30)26-17-16-25(29(31)21-26)15-14-24-11-6-3-4-7-12-24/h3-4,6-7,11,16-17,21,27-28,34H,5,8-10,12-15,18-20,22-23H2,1-2H3. The van der Waals surface area contributed by atoms with Crippen LogP contribution < -0.4 is 0 Å². The van der Waals surface area contributed by atoms with E-state index in [0.29, 0.717) is 6.04 Å². The third-order valence-electron chi connectivity index (χ3n) is 8.28. The number of allylic oxidation sites excluding steroid dienone is 6. The highest BCUT2D eigenvalue weighted by Gasteiger charge is 2.40. The molecule has 1 N–H and O–H groups in total. The molecule has 3 nitrogen and oxygen atoms in total. The molecule has 4 heteroatoms. The average molecular weight is 483 g/mol. The van der Waals surface area contributed by atoms with Crippen LogP contribution in [-0.4, -0.2) is 60.3 Å². The number of likely N-dealkylation sites (N-methyl/N-ethyl adjacent to an activating group) is 1. The van der Waals surface area contributed by atoms with Crippen LogP contribution in [0.3, 0.4) is 0 Å². The topological polar surface area (TPSA) is 26.7 Å². The second-order valence-electron chi connectivity index (χ2n) is 10.9. The van der Waals surface area contributed by atoms with Gasteiger partial charge >= 0.3 is 0 Å². The Hall–Kier alpha value is -1.39. The predicted octanol–water partition coefficient (Wildman–Crippen LogP) is 6.52. The first-order valence-corrected chi connectivity index (χ1v) is 13.7. The van der Waals surface area contributed by atoms with E-state index in [9.17, 15) is 5.11 Å². The van der Waals surface area contributed by atoms with Crippen LogP contribution in [0.2, 0.25) is 5.02 Å². The number of nitrogens with zero attached hydrogens (tertiary/aromatic N) is 2. The van der Waals surface area contributed by atoms with Crippen molar-refractivity contribution >= 4 is 11.6 Å². The smallest absolute Gasteiger partial charge is 0.0728 e. The number of likely N-dealkylation sites (tertiary alicyclic amines) is 1. The molecule has 2 aliphatic carbocycles. The average Bonchev–Trinajstić information content (AvgIpc) is 3.11. The minimum absolute atomic E-state index is 0.111. The monoisotopic (exact) mass is 482 g/mol. The second kappa shape index (κ2) is 12.0. The van der Waals surface area contributed by atoms with Crippen molar-refractivity contribution in [3.8, 4) is 0 Å². The zero-order chi connectivity index (χ0) is 24.0. The van der Waals surface area contributed by atoms with Crippen LogP contribution in [0.5, 0.6) is 0 Å². The van der Waals surface area contributed by atoms with Crippen LogP contribution in [0.1, 0.15) is 74.8 Å². The number of rotatable bonds is 8. The second-order valence-corrected chi connectivity index (χ2v) is 11.3. The molecule has 34 heavy (non-hydrogen) atoms. The van der Waals surface area contributed by atoms with Gasteiger partial charge in [-0.2, -0.15) is 0 Å². The van der Waals surface area contributed by atoms with Gasteiger partial charge in [-0.25, -0.2) is 0 Å². The highest BCUT2D eigenvalue weighted by atomic mass is 35.5. The molecular weight excluding hydrogens is 440 g/mol. The van der Waals surface area contributed by atoms with Gasteiger partial charge in [-0.05, 0) is 82.8 Å². The Morgan fingerprint density at radius 3 is 2.68 bits per heavy atom. The summed E-state index contributed by atoms with van der Waals surface area (Å²) in [6.45, 7) is 3.13. The highest BCUT2D eigenvalue weighted by Crippen LogP contribution is 2.42. The zero-order valence-electron chi connectivity index (χ0n) is 21.2. The normalized spacial score (nSPS) is 24.1.